The molecule has 3 aromatic carbocycles. The summed E-state index contributed by atoms with van der Waals surface area (Å²) >= 11 is 0. The molecule has 0 aliphatic heterocycles. The smallest absolute Gasteiger partial charge is 0.209 e. The molecule has 230 valence electrons. The summed E-state index contributed by atoms with van der Waals surface area (Å²) in [5.74, 6) is -0.466. The average Bonchev–Trinajstić information content (AvgIpc) is 3.68. The molecule has 7 rings (SSSR count). The maximum absolute atomic E-state index is 14.6. The number of rotatable bonds is 10. The largest absolute Gasteiger partial charge is 0.352 e. The molecule has 0 saturated heterocycles. The topological polar surface area (TPSA) is 128 Å². The summed E-state index contributed by atoms with van der Waals surface area (Å²) in [5, 5.41) is 13.0. The molecule has 4 aromatic heterocycles. The van der Waals surface area contributed by atoms with Crippen LogP contribution in [0.2, 0.25) is 0 Å². The van der Waals surface area contributed by atoms with Crippen molar-refractivity contribution in [2.45, 2.75) is 19.6 Å². The summed E-state index contributed by atoms with van der Waals surface area (Å²) in [6.45, 7) is 1.45. The quantitative estimate of drug-likeness (QED) is 0.140. The minimum atomic E-state index is -3.43. The van der Waals surface area contributed by atoms with Crippen LogP contribution >= 0.6 is 0 Å². The Bertz CT molecular complexity index is 2300. The minimum Gasteiger partial charge on any atom is -0.352 e. The van der Waals surface area contributed by atoms with Gasteiger partial charge in [-0.15, -0.1) is 0 Å². The molecule has 0 unspecified atom stereocenters. The molecule has 0 radical (unpaired) electrons. The third-order valence-corrected chi connectivity index (χ3v) is 8.47. The zero-order valence-corrected chi connectivity index (χ0v) is 25.7. The summed E-state index contributed by atoms with van der Waals surface area (Å²) in [5.41, 5.74) is 9.31. The molecule has 4 heterocycles. The van der Waals surface area contributed by atoms with E-state index in [1.807, 2.05) is 42.7 Å². The molecule has 4 N–H and O–H groups in total. The Kier molecular flexibility index (Phi) is 7.87. The fourth-order valence-electron chi connectivity index (χ4n) is 5.62. The van der Waals surface area contributed by atoms with E-state index in [-0.39, 0.29) is 6.54 Å². The Labute approximate surface area is 265 Å². The number of sulfonamides is 1. The van der Waals surface area contributed by atoms with Crippen molar-refractivity contribution in [3.63, 3.8) is 0 Å². The third kappa shape index (κ3) is 6.43. The van der Waals surface area contributed by atoms with Gasteiger partial charge in [-0.05, 0) is 70.3 Å². The zero-order valence-electron chi connectivity index (χ0n) is 24.9. The highest BCUT2D eigenvalue weighted by molar-refractivity contribution is 7.88. The van der Waals surface area contributed by atoms with Crippen LogP contribution in [-0.2, 0) is 29.7 Å². The molecule has 0 atom stereocenters. The number of hydrogen-bond donors (Lipinski definition) is 4. The van der Waals surface area contributed by atoms with Gasteiger partial charge in [-0.2, -0.15) is 5.10 Å². The molecule has 0 fully saturated rings. The molecule has 0 aliphatic rings. The molecule has 0 bridgehead atoms. The van der Waals surface area contributed by atoms with E-state index < -0.39 is 15.8 Å². The second-order valence-electron chi connectivity index (χ2n) is 11.3. The first-order chi connectivity index (χ1) is 22.3. The van der Waals surface area contributed by atoms with E-state index in [2.05, 4.69) is 65.5 Å². The van der Waals surface area contributed by atoms with Crippen molar-refractivity contribution < 1.29 is 12.8 Å². The van der Waals surface area contributed by atoms with Crippen molar-refractivity contribution in [2.75, 3.05) is 6.26 Å². The summed E-state index contributed by atoms with van der Waals surface area (Å²) in [6, 6.07) is 25.1. The van der Waals surface area contributed by atoms with Crippen molar-refractivity contribution in [3.8, 4) is 33.6 Å². The molecule has 0 amide bonds. The van der Waals surface area contributed by atoms with Crippen molar-refractivity contribution in [1.29, 1.82) is 0 Å². The van der Waals surface area contributed by atoms with Crippen LogP contribution in [0.4, 0.5) is 4.39 Å². The van der Waals surface area contributed by atoms with Gasteiger partial charge in [0.2, 0.25) is 10.0 Å². The fourth-order valence-corrected chi connectivity index (χ4v) is 6.05. The van der Waals surface area contributed by atoms with E-state index in [1.54, 1.807) is 18.5 Å². The Morgan fingerprint density at radius 2 is 1.52 bits per heavy atom. The number of halogens is 1. The van der Waals surface area contributed by atoms with E-state index in [0.29, 0.717) is 23.2 Å². The number of fused-ring (bicyclic) bond motifs is 2. The number of H-pyrrole nitrogens is 2. The van der Waals surface area contributed by atoms with Crippen molar-refractivity contribution >= 4 is 31.8 Å². The highest BCUT2D eigenvalue weighted by Crippen LogP contribution is 2.35. The van der Waals surface area contributed by atoms with Gasteiger partial charge in [0.05, 0.1) is 29.2 Å². The van der Waals surface area contributed by atoms with Crippen LogP contribution in [0.15, 0.2) is 104 Å². The number of nitrogens with zero attached hydrogens (tertiary/aromatic N) is 3. The van der Waals surface area contributed by atoms with Gasteiger partial charge < -0.3 is 10.3 Å². The monoisotopic (exact) mass is 631 g/mol. The summed E-state index contributed by atoms with van der Waals surface area (Å²) < 4.78 is 40.3. The number of aromatic nitrogens is 5. The molecule has 11 heteroatoms. The van der Waals surface area contributed by atoms with Gasteiger partial charge in [0.15, 0.2) is 0 Å². The van der Waals surface area contributed by atoms with Gasteiger partial charge in [-0.25, -0.2) is 17.5 Å². The Balaban J connectivity index is 1.19. The molecule has 0 spiro atoms. The van der Waals surface area contributed by atoms with Crippen molar-refractivity contribution in [3.05, 3.63) is 126 Å². The number of aromatic amines is 2. The summed E-state index contributed by atoms with van der Waals surface area (Å²) in [4.78, 5) is 12.3. The van der Waals surface area contributed by atoms with Gasteiger partial charge >= 0.3 is 0 Å². The van der Waals surface area contributed by atoms with Crippen LogP contribution in [0, 0.1) is 5.82 Å². The minimum absolute atomic E-state index is 0.0182. The van der Waals surface area contributed by atoms with Gasteiger partial charge in [0.1, 0.15) is 11.5 Å². The predicted molar refractivity (Wildman–Crippen MR) is 178 cm³/mol. The van der Waals surface area contributed by atoms with E-state index in [1.165, 1.54) is 17.7 Å². The van der Waals surface area contributed by atoms with Crippen LogP contribution < -0.4 is 10.0 Å². The zero-order chi connectivity index (χ0) is 31.7. The molecular formula is C35H30FN7O2S. The van der Waals surface area contributed by atoms with Gasteiger partial charge in [-0.3, -0.25) is 15.1 Å². The van der Waals surface area contributed by atoms with Crippen LogP contribution in [0.1, 0.15) is 16.7 Å². The van der Waals surface area contributed by atoms with Crippen molar-refractivity contribution in [2.24, 2.45) is 0 Å². The van der Waals surface area contributed by atoms with E-state index in [9.17, 15) is 12.8 Å². The summed E-state index contributed by atoms with van der Waals surface area (Å²) in [7, 11) is -3.43. The number of benzene rings is 3. The summed E-state index contributed by atoms with van der Waals surface area (Å²) in [6.07, 6.45) is 8.21. The molecule has 46 heavy (non-hydrogen) atoms. The predicted octanol–water partition coefficient (Wildman–Crippen LogP) is 6.31. The molecule has 0 saturated carbocycles. The highest BCUT2D eigenvalue weighted by Gasteiger charge is 2.16. The molecule has 0 aliphatic carbocycles. The maximum atomic E-state index is 14.6. The average molecular weight is 632 g/mol. The van der Waals surface area contributed by atoms with Gasteiger partial charge in [0, 0.05) is 60.1 Å². The lowest BCUT2D eigenvalue weighted by Gasteiger charge is -2.08. The Morgan fingerprint density at radius 1 is 0.717 bits per heavy atom. The van der Waals surface area contributed by atoms with Gasteiger partial charge in [0.25, 0.3) is 0 Å². The van der Waals surface area contributed by atoms with Gasteiger partial charge in [-0.1, -0.05) is 36.4 Å². The molecular weight excluding hydrogens is 601 g/mol. The molecule has 9 nitrogen and oxygen atoms in total. The highest BCUT2D eigenvalue weighted by atomic mass is 32.2. The number of nitrogens with one attached hydrogen (secondary N) is 4. The van der Waals surface area contributed by atoms with Crippen LogP contribution in [0.3, 0.4) is 0 Å². The van der Waals surface area contributed by atoms with E-state index in [0.717, 1.165) is 62.7 Å². The first-order valence-corrected chi connectivity index (χ1v) is 16.6. The molecule has 7 aromatic rings. The third-order valence-electron chi connectivity index (χ3n) is 7.80. The second-order valence-corrected chi connectivity index (χ2v) is 13.1. The fraction of sp³-hybridized carbons (Fsp3) is 0.114. The van der Waals surface area contributed by atoms with Crippen LogP contribution in [0.5, 0.6) is 0 Å². The normalized spacial score (nSPS) is 11.9. The SMILES string of the molecule is CS(=O)(=O)NCc1cc(F)cc(-c2cncc3[nH]c(-c4n[nH]c5ccc(-c6cncc(CNCc7ccccc7)c6)cc45)cc23)c1. The number of pyridine rings is 2. The first kappa shape index (κ1) is 29.5. The second kappa shape index (κ2) is 12.3. The van der Waals surface area contributed by atoms with E-state index >= 15 is 0 Å². The van der Waals surface area contributed by atoms with Crippen LogP contribution in [-0.4, -0.2) is 39.8 Å². The maximum Gasteiger partial charge on any atom is 0.209 e. The van der Waals surface area contributed by atoms with Crippen molar-refractivity contribution in [1.82, 2.24) is 35.2 Å². The van der Waals surface area contributed by atoms with Crippen LogP contribution in [0.25, 0.3) is 55.4 Å². The number of hydrogen-bond acceptors (Lipinski definition) is 6. The standard InChI is InChI=1S/C35H30FN7O2S/c1-46(44,45)40-18-23-9-26(12-28(36)11-23)31-20-39-21-34-29(31)14-33(41-34)35-30-13-25(7-8-32(30)42-43-35)27-10-24(17-38-19-27)16-37-15-22-5-3-2-4-6-22/h2-14,17,19-21,37,40-41H,15-16,18H2,1H3,(H,42,43). The lowest BCUT2D eigenvalue weighted by molar-refractivity contribution is 0.586. The lowest BCUT2D eigenvalue weighted by atomic mass is 10.0. The first-order valence-electron chi connectivity index (χ1n) is 14.7. The Hall–Kier alpha value is -5.23. The Morgan fingerprint density at radius 3 is 2.37 bits per heavy atom. The lowest BCUT2D eigenvalue weighted by Crippen LogP contribution is -2.21. The van der Waals surface area contributed by atoms with E-state index in [4.69, 9.17) is 0 Å².